The molecular formula is C12H14N2O2. The Morgan fingerprint density at radius 2 is 2.38 bits per heavy atom. The van der Waals surface area contributed by atoms with Gasteiger partial charge in [0.1, 0.15) is 0 Å². The zero-order chi connectivity index (χ0) is 11.7. The highest BCUT2D eigenvalue weighted by molar-refractivity contribution is 5.70. The van der Waals surface area contributed by atoms with Crippen LogP contribution in [0.4, 0.5) is 0 Å². The van der Waals surface area contributed by atoms with Crippen molar-refractivity contribution >= 4 is 11.5 Å². The van der Waals surface area contributed by atoms with Crippen molar-refractivity contribution in [2.75, 3.05) is 0 Å². The largest absolute Gasteiger partial charge is 0.481 e. The Morgan fingerprint density at radius 1 is 1.62 bits per heavy atom. The number of hydrogen-bond donors (Lipinski definition) is 1. The summed E-state index contributed by atoms with van der Waals surface area (Å²) in [5.74, 6) is -1.19. The number of nitrogens with zero attached hydrogens (tertiary/aromatic N) is 2. The molecule has 2 heterocycles. The van der Waals surface area contributed by atoms with Crippen molar-refractivity contribution in [3.05, 3.63) is 35.9 Å². The molecule has 4 nitrogen and oxygen atoms in total. The minimum atomic E-state index is -0.784. The Bertz CT molecular complexity index is 531. The van der Waals surface area contributed by atoms with E-state index in [1.165, 1.54) is 0 Å². The Balaban J connectivity index is 2.37. The Labute approximate surface area is 93.5 Å². The molecule has 0 aliphatic carbocycles. The van der Waals surface area contributed by atoms with E-state index in [1.54, 1.807) is 13.3 Å². The van der Waals surface area contributed by atoms with E-state index in [-0.39, 0.29) is 0 Å². The molecule has 0 aliphatic rings. The number of carboxylic acid groups (broad SMARTS) is 1. The molecule has 1 N–H and O–H groups in total. The van der Waals surface area contributed by atoms with E-state index in [4.69, 9.17) is 5.11 Å². The zero-order valence-corrected chi connectivity index (χ0v) is 9.34. The van der Waals surface area contributed by atoms with Gasteiger partial charge in [-0.05, 0) is 24.6 Å². The van der Waals surface area contributed by atoms with Crippen LogP contribution in [-0.4, -0.2) is 20.5 Å². The van der Waals surface area contributed by atoms with Gasteiger partial charge in [-0.1, -0.05) is 6.92 Å². The van der Waals surface area contributed by atoms with Crippen LogP contribution in [0.15, 0.2) is 24.7 Å². The summed E-state index contributed by atoms with van der Waals surface area (Å²) in [6.07, 6.45) is 4.13. The predicted molar refractivity (Wildman–Crippen MR) is 60.4 cm³/mol. The standard InChI is InChI=1S/C12H14N2O2/c1-8-3-4-14-7-13-10(11(14)5-8)6-9(2)12(15)16/h3-5,7,9H,6H2,1-2H3,(H,15,16). The molecule has 0 fully saturated rings. The molecule has 0 bridgehead atoms. The van der Waals surface area contributed by atoms with Crippen LogP contribution >= 0.6 is 0 Å². The molecule has 0 spiro atoms. The number of aryl methyl sites for hydroxylation is 1. The minimum absolute atomic E-state index is 0.404. The van der Waals surface area contributed by atoms with Gasteiger partial charge in [-0.15, -0.1) is 0 Å². The molecule has 0 radical (unpaired) electrons. The van der Waals surface area contributed by atoms with Crippen molar-refractivity contribution in [1.29, 1.82) is 0 Å². The number of imidazole rings is 1. The minimum Gasteiger partial charge on any atom is -0.481 e. The van der Waals surface area contributed by atoms with Gasteiger partial charge in [0.15, 0.2) is 0 Å². The van der Waals surface area contributed by atoms with Crippen molar-refractivity contribution in [3.63, 3.8) is 0 Å². The summed E-state index contributed by atoms with van der Waals surface area (Å²) in [4.78, 5) is 15.1. The smallest absolute Gasteiger partial charge is 0.306 e. The van der Waals surface area contributed by atoms with Crippen molar-refractivity contribution in [2.45, 2.75) is 20.3 Å². The Morgan fingerprint density at radius 3 is 3.06 bits per heavy atom. The third-order valence-corrected chi connectivity index (χ3v) is 2.70. The van der Waals surface area contributed by atoms with Crippen LogP contribution < -0.4 is 0 Å². The van der Waals surface area contributed by atoms with E-state index in [0.29, 0.717) is 6.42 Å². The van der Waals surface area contributed by atoms with Gasteiger partial charge in [0.25, 0.3) is 0 Å². The van der Waals surface area contributed by atoms with Gasteiger partial charge in [0, 0.05) is 12.6 Å². The number of rotatable bonds is 3. The van der Waals surface area contributed by atoms with E-state index < -0.39 is 11.9 Å². The van der Waals surface area contributed by atoms with Gasteiger partial charge < -0.3 is 9.51 Å². The normalized spacial score (nSPS) is 12.9. The summed E-state index contributed by atoms with van der Waals surface area (Å²) in [5, 5.41) is 8.87. The molecule has 1 atom stereocenters. The maximum absolute atomic E-state index is 10.8. The average molecular weight is 218 g/mol. The monoisotopic (exact) mass is 218 g/mol. The van der Waals surface area contributed by atoms with Crippen molar-refractivity contribution < 1.29 is 9.90 Å². The fourth-order valence-electron chi connectivity index (χ4n) is 1.68. The first-order chi connectivity index (χ1) is 7.58. The molecule has 0 saturated heterocycles. The van der Waals surface area contributed by atoms with Crippen LogP contribution in [0.5, 0.6) is 0 Å². The lowest BCUT2D eigenvalue weighted by Crippen LogP contribution is -2.12. The molecule has 2 rings (SSSR count). The van der Waals surface area contributed by atoms with Gasteiger partial charge in [-0.2, -0.15) is 0 Å². The van der Waals surface area contributed by atoms with E-state index >= 15 is 0 Å². The quantitative estimate of drug-likeness (QED) is 0.856. The highest BCUT2D eigenvalue weighted by Crippen LogP contribution is 2.15. The second-order valence-electron chi connectivity index (χ2n) is 4.13. The first-order valence-corrected chi connectivity index (χ1v) is 5.23. The third-order valence-electron chi connectivity index (χ3n) is 2.70. The SMILES string of the molecule is Cc1ccn2cnc(CC(C)C(=O)O)c2c1. The highest BCUT2D eigenvalue weighted by atomic mass is 16.4. The van der Waals surface area contributed by atoms with Crippen LogP contribution in [0.2, 0.25) is 0 Å². The van der Waals surface area contributed by atoms with Crippen molar-refractivity contribution in [3.8, 4) is 0 Å². The van der Waals surface area contributed by atoms with Crippen LogP contribution in [0.3, 0.4) is 0 Å². The molecule has 1 unspecified atom stereocenters. The fraction of sp³-hybridized carbons (Fsp3) is 0.333. The van der Waals surface area contributed by atoms with Gasteiger partial charge in [0.2, 0.25) is 0 Å². The van der Waals surface area contributed by atoms with E-state index in [9.17, 15) is 4.79 Å². The number of aliphatic carboxylic acids is 1. The molecule has 0 aromatic carbocycles. The summed E-state index contributed by atoms with van der Waals surface area (Å²) in [6.45, 7) is 3.71. The first kappa shape index (κ1) is 10.7. The maximum atomic E-state index is 10.8. The lowest BCUT2D eigenvalue weighted by atomic mass is 10.1. The molecule has 2 aromatic rings. The lowest BCUT2D eigenvalue weighted by Gasteiger charge is -2.04. The number of pyridine rings is 1. The highest BCUT2D eigenvalue weighted by Gasteiger charge is 2.15. The Hall–Kier alpha value is -1.84. The third kappa shape index (κ3) is 1.91. The topological polar surface area (TPSA) is 54.6 Å². The lowest BCUT2D eigenvalue weighted by molar-refractivity contribution is -0.141. The van der Waals surface area contributed by atoms with E-state index in [2.05, 4.69) is 4.98 Å². The molecule has 16 heavy (non-hydrogen) atoms. The van der Waals surface area contributed by atoms with Gasteiger partial charge >= 0.3 is 5.97 Å². The summed E-state index contributed by atoms with van der Waals surface area (Å²) in [5.41, 5.74) is 2.99. The summed E-state index contributed by atoms with van der Waals surface area (Å²) >= 11 is 0. The molecule has 0 saturated carbocycles. The molecule has 0 aliphatic heterocycles. The van der Waals surface area contributed by atoms with Crippen LogP contribution in [0.25, 0.3) is 5.52 Å². The average Bonchev–Trinajstić information content (AvgIpc) is 2.61. The van der Waals surface area contributed by atoms with Gasteiger partial charge in [-0.3, -0.25) is 4.79 Å². The number of carboxylic acids is 1. The van der Waals surface area contributed by atoms with Gasteiger partial charge in [0.05, 0.1) is 23.5 Å². The summed E-state index contributed by atoms with van der Waals surface area (Å²) < 4.78 is 1.91. The number of fused-ring (bicyclic) bond motifs is 1. The fourth-order valence-corrected chi connectivity index (χ4v) is 1.68. The molecular weight excluding hydrogens is 204 g/mol. The maximum Gasteiger partial charge on any atom is 0.306 e. The second-order valence-corrected chi connectivity index (χ2v) is 4.13. The number of hydrogen-bond acceptors (Lipinski definition) is 2. The Kier molecular flexibility index (Phi) is 2.64. The molecule has 84 valence electrons. The van der Waals surface area contributed by atoms with Crippen molar-refractivity contribution in [2.24, 2.45) is 5.92 Å². The van der Waals surface area contributed by atoms with Gasteiger partial charge in [-0.25, -0.2) is 4.98 Å². The second kappa shape index (κ2) is 3.96. The zero-order valence-electron chi connectivity index (χ0n) is 9.34. The van der Waals surface area contributed by atoms with Crippen LogP contribution in [0, 0.1) is 12.8 Å². The van der Waals surface area contributed by atoms with E-state index in [1.807, 2.05) is 29.7 Å². The summed E-state index contributed by atoms with van der Waals surface area (Å²) in [6, 6.07) is 4.02. The molecule has 2 aromatic heterocycles. The van der Waals surface area contributed by atoms with E-state index in [0.717, 1.165) is 16.8 Å². The number of aromatic nitrogens is 2. The number of carbonyl (C=O) groups is 1. The summed E-state index contributed by atoms with van der Waals surface area (Å²) in [7, 11) is 0. The van der Waals surface area contributed by atoms with Crippen LogP contribution in [0.1, 0.15) is 18.2 Å². The molecule has 0 amide bonds. The van der Waals surface area contributed by atoms with Crippen LogP contribution in [-0.2, 0) is 11.2 Å². The van der Waals surface area contributed by atoms with Crippen molar-refractivity contribution in [1.82, 2.24) is 9.38 Å². The predicted octanol–water partition coefficient (Wildman–Crippen LogP) is 1.91. The molecule has 4 heteroatoms. The first-order valence-electron chi connectivity index (χ1n) is 5.23.